The monoisotopic (exact) mass is 506 g/mol. The molecule has 11 heteroatoms. The third-order valence-corrected chi connectivity index (χ3v) is 7.84. The van der Waals surface area contributed by atoms with E-state index in [-0.39, 0.29) is 35.7 Å². The van der Waals surface area contributed by atoms with E-state index < -0.39 is 63.8 Å². The molecule has 1 fully saturated rings. The number of nitrogens with two attached hydrogens (primary N) is 2. The Morgan fingerprint density at radius 1 is 1.14 bits per heavy atom. The number of phenolic OH excluding ortho intramolecular Hbond substituents is 1. The van der Waals surface area contributed by atoms with Crippen LogP contribution in [-0.2, 0) is 20.8 Å². The number of aliphatic hydroxyl groups excluding tert-OH is 2. The van der Waals surface area contributed by atoms with Gasteiger partial charge >= 0.3 is 0 Å². The number of Topliss-reactive ketones (excluding diaryl/α,β-unsaturated/α-hetero) is 2. The third kappa shape index (κ3) is 3.27. The fourth-order valence-electron chi connectivity index (χ4n) is 6.23. The molecule has 5 rings (SSSR count). The van der Waals surface area contributed by atoms with Gasteiger partial charge in [0, 0.05) is 35.4 Å². The SMILES string of the molecule is CC(C)[C@@H]1C(=O)C(C(N)=O)=C(O)[C@@]2(O)C(=O)C3=C(O)c4c(O)ccc(-c5cnc(N)nc5)c4C[C@H]3C[C@@H]12. The van der Waals surface area contributed by atoms with Crippen LogP contribution in [0.2, 0.25) is 0 Å². The lowest BCUT2D eigenvalue weighted by atomic mass is 9.54. The van der Waals surface area contributed by atoms with E-state index in [1.165, 1.54) is 18.5 Å². The van der Waals surface area contributed by atoms with E-state index in [1.807, 2.05) is 0 Å². The zero-order valence-electron chi connectivity index (χ0n) is 20.1. The van der Waals surface area contributed by atoms with E-state index in [0.717, 1.165) is 0 Å². The molecule has 8 N–H and O–H groups in total. The third-order valence-electron chi connectivity index (χ3n) is 7.84. The maximum atomic E-state index is 13.9. The maximum Gasteiger partial charge on any atom is 0.255 e. The first-order valence-electron chi connectivity index (χ1n) is 11.8. The van der Waals surface area contributed by atoms with Gasteiger partial charge in [0.2, 0.25) is 11.7 Å². The smallest absolute Gasteiger partial charge is 0.255 e. The molecule has 0 aliphatic heterocycles. The van der Waals surface area contributed by atoms with Gasteiger partial charge in [-0.05, 0) is 41.9 Å². The Hall–Kier alpha value is -4.25. The number of aromatic nitrogens is 2. The molecule has 0 spiro atoms. The number of hydrogen-bond donors (Lipinski definition) is 6. The van der Waals surface area contributed by atoms with Crippen molar-refractivity contribution in [1.29, 1.82) is 0 Å². The molecule has 1 heterocycles. The summed E-state index contributed by atoms with van der Waals surface area (Å²) in [5.41, 5.74) is 9.01. The molecule has 3 aliphatic carbocycles. The maximum absolute atomic E-state index is 13.9. The molecule has 3 aliphatic rings. The van der Waals surface area contributed by atoms with Crippen LogP contribution in [0.15, 0.2) is 41.4 Å². The summed E-state index contributed by atoms with van der Waals surface area (Å²) in [5.74, 6) is -8.00. The number of nitrogens with zero attached hydrogens (tertiary/aromatic N) is 2. The molecule has 1 saturated carbocycles. The molecule has 1 aromatic heterocycles. The molecule has 0 saturated heterocycles. The van der Waals surface area contributed by atoms with E-state index in [4.69, 9.17) is 11.5 Å². The van der Waals surface area contributed by atoms with Crippen LogP contribution in [0.4, 0.5) is 5.95 Å². The normalized spacial score (nSPS) is 27.2. The highest BCUT2D eigenvalue weighted by Gasteiger charge is 2.64. The van der Waals surface area contributed by atoms with Gasteiger partial charge in [-0.25, -0.2) is 9.97 Å². The molecule has 11 nitrogen and oxygen atoms in total. The first-order chi connectivity index (χ1) is 17.4. The summed E-state index contributed by atoms with van der Waals surface area (Å²) in [6.45, 7) is 3.43. The largest absolute Gasteiger partial charge is 0.508 e. The molecule has 1 aromatic carbocycles. The quantitative estimate of drug-likeness (QED) is 0.329. The van der Waals surface area contributed by atoms with Crippen molar-refractivity contribution in [3.63, 3.8) is 0 Å². The van der Waals surface area contributed by atoms with Crippen LogP contribution in [0.5, 0.6) is 5.75 Å². The van der Waals surface area contributed by atoms with Gasteiger partial charge in [-0.1, -0.05) is 19.9 Å². The summed E-state index contributed by atoms with van der Waals surface area (Å²) in [6.07, 6.45) is 3.21. The van der Waals surface area contributed by atoms with E-state index in [9.17, 15) is 34.8 Å². The standard InChI is InChI=1S/C26H26N4O7/c1-9(2)16-14-6-10-5-13-12(11-7-29-25(28)30-8-11)3-4-15(31)18(13)21(33)17(10)22(34)26(14,37)23(35)19(20(16)32)24(27)36/h3-4,7-10,14,16,31,33,35,37H,5-6H2,1-2H3,(H2,27,36)(H2,28,29,30)/t10-,14-,16-,26-/m0/s1. The van der Waals surface area contributed by atoms with Crippen molar-refractivity contribution in [2.45, 2.75) is 32.3 Å². The average Bonchev–Trinajstić information content (AvgIpc) is 2.82. The summed E-state index contributed by atoms with van der Waals surface area (Å²) >= 11 is 0. The first-order valence-corrected chi connectivity index (χ1v) is 11.8. The van der Waals surface area contributed by atoms with Crippen molar-refractivity contribution in [2.24, 2.45) is 29.4 Å². The highest BCUT2D eigenvalue weighted by molar-refractivity contribution is 6.23. The molecule has 1 amide bonds. The number of ketones is 2. The molecule has 4 atom stereocenters. The zero-order chi connectivity index (χ0) is 27.0. The Morgan fingerprint density at radius 2 is 1.78 bits per heavy atom. The van der Waals surface area contributed by atoms with E-state index in [2.05, 4.69) is 9.97 Å². The Kier molecular flexibility index (Phi) is 5.37. The second-order valence-electron chi connectivity index (χ2n) is 10.1. The minimum atomic E-state index is -2.64. The van der Waals surface area contributed by atoms with E-state index in [0.29, 0.717) is 16.7 Å². The predicted molar refractivity (Wildman–Crippen MR) is 131 cm³/mol. The van der Waals surface area contributed by atoms with Gasteiger partial charge < -0.3 is 31.9 Å². The van der Waals surface area contributed by atoms with Crippen molar-refractivity contribution in [2.75, 3.05) is 5.73 Å². The molecular weight excluding hydrogens is 480 g/mol. The van der Waals surface area contributed by atoms with Crippen LogP contribution in [0.25, 0.3) is 16.9 Å². The van der Waals surface area contributed by atoms with E-state index in [1.54, 1.807) is 19.9 Å². The van der Waals surface area contributed by atoms with Gasteiger partial charge in [-0.3, -0.25) is 14.4 Å². The number of fused-ring (bicyclic) bond motifs is 3. The van der Waals surface area contributed by atoms with Crippen molar-refractivity contribution in [1.82, 2.24) is 9.97 Å². The number of amides is 1. The molecule has 192 valence electrons. The number of aromatic hydroxyl groups is 1. The predicted octanol–water partition coefficient (Wildman–Crippen LogP) is 1.35. The van der Waals surface area contributed by atoms with E-state index >= 15 is 0 Å². The van der Waals surface area contributed by atoms with Crippen molar-refractivity contribution < 1.29 is 34.8 Å². The van der Waals surface area contributed by atoms with Crippen molar-refractivity contribution >= 4 is 29.2 Å². The van der Waals surface area contributed by atoms with Gasteiger partial charge in [0.1, 0.15) is 22.8 Å². The number of carbonyl (C=O) groups excluding carboxylic acids is 3. The van der Waals surface area contributed by atoms with Gasteiger partial charge in [-0.2, -0.15) is 0 Å². The summed E-state index contributed by atoms with van der Waals surface area (Å²) in [5, 5.41) is 44.5. The van der Waals surface area contributed by atoms with Crippen LogP contribution < -0.4 is 11.5 Å². The zero-order valence-corrected chi connectivity index (χ0v) is 20.1. The molecular formula is C26H26N4O7. The lowest BCUT2D eigenvalue weighted by Crippen LogP contribution is -2.62. The topological polar surface area (TPSA) is 210 Å². The van der Waals surface area contributed by atoms with Crippen LogP contribution >= 0.6 is 0 Å². The van der Waals surface area contributed by atoms with Gasteiger partial charge in [0.05, 0.1) is 5.56 Å². The van der Waals surface area contributed by atoms with Crippen LogP contribution in [0.1, 0.15) is 31.4 Å². The van der Waals surface area contributed by atoms with Crippen molar-refractivity contribution in [3.8, 4) is 16.9 Å². The first kappa shape index (κ1) is 24.4. The number of aliphatic hydroxyl groups is 3. The molecule has 0 bridgehead atoms. The Morgan fingerprint density at radius 3 is 2.38 bits per heavy atom. The minimum Gasteiger partial charge on any atom is -0.508 e. The lowest BCUT2D eigenvalue weighted by Gasteiger charge is -2.50. The van der Waals surface area contributed by atoms with Crippen LogP contribution in [0, 0.1) is 23.7 Å². The summed E-state index contributed by atoms with van der Waals surface area (Å²) in [6, 6.07) is 2.99. The minimum absolute atomic E-state index is 0.00173. The summed E-state index contributed by atoms with van der Waals surface area (Å²) in [7, 11) is 0. The molecule has 37 heavy (non-hydrogen) atoms. The lowest BCUT2D eigenvalue weighted by molar-refractivity contribution is -0.155. The van der Waals surface area contributed by atoms with Crippen LogP contribution in [0.3, 0.4) is 0 Å². The molecule has 0 radical (unpaired) electrons. The number of carbonyl (C=O) groups is 3. The number of hydrogen-bond acceptors (Lipinski definition) is 10. The van der Waals surface area contributed by atoms with Gasteiger partial charge in [0.15, 0.2) is 11.4 Å². The Bertz CT molecular complexity index is 1440. The summed E-state index contributed by atoms with van der Waals surface area (Å²) in [4.78, 5) is 47.1. The molecule has 2 aromatic rings. The summed E-state index contributed by atoms with van der Waals surface area (Å²) < 4.78 is 0. The average molecular weight is 507 g/mol. The number of nitrogen functional groups attached to an aromatic ring is 1. The second kappa shape index (κ2) is 8.13. The van der Waals surface area contributed by atoms with Gasteiger partial charge in [0.25, 0.3) is 5.91 Å². The number of primary amides is 1. The number of anilines is 1. The number of rotatable bonds is 3. The fourth-order valence-corrected chi connectivity index (χ4v) is 6.23. The number of phenols is 1. The second-order valence-corrected chi connectivity index (χ2v) is 10.1. The number of benzene rings is 1. The fraction of sp³-hybridized carbons (Fsp3) is 0.346. The van der Waals surface area contributed by atoms with Crippen LogP contribution in [-0.4, -0.2) is 53.5 Å². The molecule has 0 unspecified atom stereocenters. The Labute approximate surface area is 211 Å². The van der Waals surface area contributed by atoms with Gasteiger partial charge in [-0.15, -0.1) is 0 Å². The highest BCUT2D eigenvalue weighted by Crippen LogP contribution is 2.55. The van der Waals surface area contributed by atoms with Crippen molar-refractivity contribution in [3.05, 3.63) is 52.6 Å². The highest BCUT2D eigenvalue weighted by atomic mass is 16.3. The Balaban J connectivity index is 1.74.